The minimum atomic E-state index is -0.371. The summed E-state index contributed by atoms with van der Waals surface area (Å²) in [4.78, 5) is 12.4. The lowest BCUT2D eigenvalue weighted by molar-refractivity contribution is 0.0933. The second-order valence-electron chi connectivity index (χ2n) is 6.67. The summed E-state index contributed by atoms with van der Waals surface area (Å²) in [7, 11) is 0. The van der Waals surface area contributed by atoms with Crippen molar-refractivity contribution in [1.82, 2.24) is 10.6 Å². The van der Waals surface area contributed by atoms with E-state index in [1.54, 1.807) is 6.07 Å². The van der Waals surface area contributed by atoms with Crippen molar-refractivity contribution >= 4 is 5.91 Å². The molecule has 2 aliphatic rings. The quantitative estimate of drug-likeness (QED) is 0.900. The first kappa shape index (κ1) is 15.5. The third-order valence-corrected chi connectivity index (χ3v) is 5.04. The van der Waals surface area contributed by atoms with Crippen LogP contribution >= 0.6 is 0 Å². The average molecular weight is 304 g/mol. The lowest BCUT2D eigenvalue weighted by Crippen LogP contribution is -2.33. The number of carbonyl (C=O) groups excluding carboxylic acids is 1. The fraction of sp³-hybridized carbons (Fsp3) is 0.611. The summed E-state index contributed by atoms with van der Waals surface area (Å²) < 4.78 is 14.5. The van der Waals surface area contributed by atoms with Gasteiger partial charge in [-0.05, 0) is 68.8 Å². The van der Waals surface area contributed by atoms with Crippen LogP contribution in [0.1, 0.15) is 65.9 Å². The largest absolute Gasteiger partial charge is 0.349 e. The summed E-state index contributed by atoms with van der Waals surface area (Å²) in [5.74, 6) is -0.218. The van der Waals surface area contributed by atoms with Crippen LogP contribution in [0.4, 0.5) is 4.39 Å². The van der Waals surface area contributed by atoms with Gasteiger partial charge in [0.25, 0.3) is 5.91 Å². The minimum absolute atomic E-state index is 0.218. The van der Waals surface area contributed by atoms with Crippen LogP contribution in [0.25, 0.3) is 0 Å². The third kappa shape index (κ3) is 3.32. The maximum atomic E-state index is 14.5. The zero-order chi connectivity index (χ0) is 15.5. The number of hydrogen-bond acceptors (Lipinski definition) is 2. The molecule has 0 unspecified atom stereocenters. The maximum absolute atomic E-state index is 14.5. The van der Waals surface area contributed by atoms with Crippen LogP contribution in [0.2, 0.25) is 0 Å². The summed E-state index contributed by atoms with van der Waals surface area (Å²) in [6, 6.07) is 3.80. The van der Waals surface area contributed by atoms with Gasteiger partial charge in [0.2, 0.25) is 0 Å². The molecule has 3 rings (SSSR count). The topological polar surface area (TPSA) is 41.1 Å². The highest BCUT2D eigenvalue weighted by atomic mass is 19.1. The maximum Gasteiger partial charge on any atom is 0.254 e. The molecule has 2 N–H and O–H groups in total. The number of nitrogens with one attached hydrogen (secondary N) is 2. The van der Waals surface area contributed by atoms with Gasteiger partial charge in [0.1, 0.15) is 5.82 Å². The minimum Gasteiger partial charge on any atom is -0.349 e. The second-order valence-corrected chi connectivity index (χ2v) is 6.67. The molecule has 1 heterocycles. The van der Waals surface area contributed by atoms with E-state index in [1.807, 2.05) is 13.0 Å². The fourth-order valence-electron chi connectivity index (χ4n) is 3.78. The number of rotatable bonds is 3. The molecule has 0 atom stereocenters. The molecular formula is C18H25FN2O. The lowest BCUT2D eigenvalue weighted by atomic mass is 9.88. The van der Waals surface area contributed by atoms with Gasteiger partial charge in [-0.15, -0.1) is 0 Å². The Morgan fingerprint density at radius 2 is 1.86 bits per heavy atom. The number of amides is 1. The molecule has 1 saturated heterocycles. The van der Waals surface area contributed by atoms with Crippen molar-refractivity contribution in [2.24, 2.45) is 0 Å². The zero-order valence-electron chi connectivity index (χ0n) is 13.3. The van der Waals surface area contributed by atoms with Gasteiger partial charge in [-0.1, -0.05) is 18.9 Å². The van der Waals surface area contributed by atoms with Gasteiger partial charge in [0.15, 0.2) is 0 Å². The molecule has 120 valence electrons. The molecule has 0 spiro atoms. The first-order valence-electron chi connectivity index (χ1n) is 8.47. The van der Waals surface area contributed by atoms with Gasteiger partial charge < -0.3 is 10.6 Å². The average Bonchev–Trinajstić information content (AvgIpc) is 3.00. The molecule has 1 saturated carbocycles. The molecule has 1 aromatic carbocycles. The number of halogens is 1. The van der Waals surface area contributed by atoms with Gasteiger partial charge in [-0.3, -0.25) is 4.79 Å². The van der Waals surface area contributed by atoms with Crippen LogP contribution in [0.15, 0.2) is 12.1 Å². The fourth-order valence-corrected chi connectivity index (χ4v) is 3.78. The van der Waals surface area contributed by atoms with Gasteiger partial charge in [-0.2, -0.15) is 0 Å². The van der Waals surface area contributed by atoms with Crippen LogP contribution < -0.4 is 10.6 Å². The molecule has 3 nitrogen and oxygen atoms in total. The van der Waals surface area contributed by atoms with Crippen molar-refractivity contribution in [1.29, 1.82) is 0 Å². The van der Waals surface area contributed by atoms with E-state index < -0.39 is 0 Å². The van der Waals surface area contributed by atoms with Crippen molar-refractivity contribution in [2.45, 2.75) is 57.4 Å². The highest BCUT2D eigenvalue weighted by Gasteiger charge is 2.23. The molecule has 22 heavy (non-hydrogen) atoms. The van der Waals surface area contributed by atoms with E-state index in [-0.39, 0.29) is 23.3 Å². The molecule has 0 bridgehead atoms. The third-order valence-electron chi connectivity index (χ3n) is 5.04. The van der Waals surface area contributed by atoms with Gasteiger partial charge >= 0.3 is 0 Å². The number of hydrogen-bond donors (Lipinski definition) is 2. The summed E-state index contributed by atoms with van der Waals surface area (Å²) in [6.07, 6.45) is 6.40. The smallest absolute Gasteiger partial charge is 0.254 e. The van der Waals surface area contributed by atoms with E-state index in [2.05, 4.69) is 10.6 Å². The zero-order valence-corrected chi connectivity index (χ0v) is 13.3. The summed E-state index contributed by atoms with van der Waals surface area (Å²) in [6.45, 7) is 3.81. The van der Waals surface area contributed by atoms with E-state index in [9.17, 15) is 9.18 Å². The second kappa shape index (κ2) is 6.78. The molecule has 4 heteroatoms. The lowest BCUT2D eigenvalue weighted by Gasteiger charge is -2.24. The number of aryl methyl sites for hydroxylation is 1. The first-order valence-corrected chi connectivity index (χ1v) is 8.47. The van der Waals surface area contributed by atoms with Gasteiger partial charge in [0, 0.05) is 6.04 Å². The number of carbonyl (C=O) groups is 1. The van der Waals surface area contributed by atoms with Gasteiger partial charge in [0.05, 0.1) is 5.56 Å². The predicted molar refractivity (Wildman–Crippen MR) is 85.7 cm³/mol. The van der Waals surface area contributed by atoms with Gasteiger partial charge in [-0.25, -0.2) is 4.39 Å². The first-order chi connectivity index (χ1) is 10.6. The summed E-state index contributed by atoms with van der Waals surface area (Å²) in [5.41, 5.74) is 2.02. The molecule has 2 fully saturated rings. The Balaban J connectivity index is 1.78. The van der Waals surface area contributed by atoms with Crippen LogP contribution in [0.5, 0.6) is 0 Å². The molecule has 1 aromatic rings. The van der Waals surface area contributed by atoms with Crippen molar-refractivity contribution < 1.29 is 9.18 Å². The Morgan fingerprint density at radius 3 is 2.50 bits per heavy atom. The SMILES string of the molecule is Cc1cc(C2CCNCC2)cc(F)c1C(=O)NC1CCCC1. The number of benzene rings is 1. The highest BCUT2D eigenvalue weighted by molar-refractivity contribution is 5.96. The van der Waals surface area contributed by atoms with E-state index in [4.69, 9.17) is 0 Å². The monoisotopic (exact) mass is 304 g/mol. The molecule has 1 aliphatic carbocycles. The van der Waals surface area contributed by atoms with Crippen LogP contribution in [-0.4, -0.2) is 25.0 Å². The standard InChI is InChI=1S/C18H25FN2O/c1-12-10-14(13-6-8-20-9-7-13)11-16(19)17(12)18(22)21-15-4-2-3-5-15/h10-11,13,15,20H,2-9H2,1H3,(H,21,22). The predicted octanol–water partition coefficient (Wildman–Crippen LogP) is 3.27. The molecule has 1 aliphatic heterocycles. The molecule has 0 radical (unpaired) electrons. The Bertz CT molecular complexity index is 523. The molecule has 1 amide bonds. The highest BCUT2D eigenvalue weighted by Crippen LogP contribution is 2.28. The normalized spacial score (nSPS) is 20.3. The van der Waals surface area contributed by atoms with Crippen LogP contribution in [-0.2, 0) is 0 Å². The van der Waals surface area contributed by atoms with E-state index >= 15 is 0 Å². The Morgan fingerprint density at radius 1 is 1.18 bits per heavy atom. The van der Waals surface area contributed by atoms with E-state index in [0.29, 0.717) is 5.92 Å². The van der Waals surface area contributed by atoms with Crippen molar-refractivity contribution in [3.05, 3.63) is 34.6 Å². The van der Waals surface area contributed by atoms with E-state index in [0.717, 1.165) is 62.7 Å². The van der Waals surface area contributed by atoms with E-state index in [1.165, 1.54) is 0 Å². The summed E-state index contributed by atoms with van der Waals surface area (Å²) >= 11 is 0. The van der Waals surface area contributed by atoms with Crippen LogP contribution in [0.3, 0.4) is 0 Å². The van der Waals surface area contributed by atoms with Crippen molar-refractivity contribution in [3.63, 3.8) is 0 Å². The Hall–Kier alpha value is -1.42. The molecule has 0 aromatic heterocycles. The van der Waals surface area contributed by atoms with Crippen molar-refractivity contribution in [2.75, 3.05) is 13.1 Å². The Labute approximate surface area is 131 Å². The summed E-state index contributed by atoms with van der Waals surface area (Å²) in [5, 5.41) is 6.31. The molecular weight excluding hydrogens is 279 g/mol. The van der Waals surface area contributed by atoms with Crippen LogP contribution in [0, 0.1) is 12.7 Å². The van der Waals surface area contributed by atoms with Crippen molar-refractivity contribution in [3.8, 4) is 0 Å². The Kier molecular flexibility index (Phi) is 4.77. The number of piperidine rings is 1.